The Morgan fingerprint density at radius 3 is 2.56 bits per heavy atom. The summed E-state index contributed by atoms with van der Waals surface area (Å²) in [4.78, 5) is 11.8. The molecule has 0 aliphatic rings. The molecule has 2 aromatic rings. The standard InChI is InChI=1S/C16H19F3N4OS/c1-3-23-13(9-12-7-5-4-6-8-12)21-22-15(23)25-11(2)14(24)20-10-16(17,18)19/h4-8,11H,3,9-10H2,1-2H3,(H,20,24). The molecule has 1 unspecified atom stereocenters. The van der Waals surface area contributed by atoms with E-state index in [1.807, 2.05) is 47.1 Å². The molecule has 0 saturated heterocycles. The summed E-state index contributed by atoms with van der Waals surface area (Å²) < 4.78 is 38.4. The van der Waals surface area contributed by atoms with Gasteiger partial charge >= 0.3 is 6.18 Å². The molecule has 0 aliphatic heterocycles. The van der Waals surface area contributed by atoms with Crippen molar-refractivity contribution in [2.45, 2.75) is 43.4 Å². The maximum Gasteiger partial charge on any atom is 0.405 e. The topological polar surface area (TPSA) is 59.8 Å². The lowest BCUT2D eigenvalue weighted by Crippen LogP contribution is -2.38. The molecule has 0 radical (unpaired) electrons. The van der Waals surface area contributed by atoms with Gasteiger partial charge in [0.25, 0.3) is 0 Å². The van der Waals surface area contributed by atoms with Crippen molar-refractivity contribution in [1.82, 2.24) is 20.1 Å². The highest BCUT2D eigenvalue weighted by Crippen LogP contribution is 2.23. The average Bonchev–Trinajstić information content (AvgIpc) is 2.94. The molecular formula is C16H19F3N4OS. The van der Waals surface area contributed by atoms with Gasteiger partial charge < -0.3 is 9.88 Å². The van der Waals surface area contributed by atoms with Gasteiger partial charge in [-0.3, -0.25) is 4.79 Å². The number of nitrogens with zero attached hydrogens (tertiary/aromatic N) is 3. The maximum absolute atomic E-state index is 12.2. The minimum absolute atomic E-state index is 0.517. The van der Waals surface area contributed by atoms with Gasteiger partial charge in [-0.2, -0.15) is 13.2 Å². The van der Waals surface area contributed by atoms with Crippen LogP contribution in [0.5, 0.6) is 0 Å². The number of carbonyl (C=O) groups excluding carboxylic acids is 1. The van der Waals surface area contributed by atoms with Crippen LogP contribution >= 0.6 is 11.8 Å². The highest BCUT2D eigenvalue weighted by molar-refractivity contribution is 8.00. The molecule has 136 valence electrons. The fourth-order valence-electron chi connectivity index (χ4n) is 2.18. The number of benzene rings is 1. The zero-order valence-electron chi connectivity index (χ0n) is 13.9. The predicted molar refractivity (Wildman–Crippen MR) is 89.3 cm³/mol. The van der Waals surface area contributed by atoms with Gasteiger partial charge in [-0.25, -0.2) is 0 Å². The fourth-order valence-corrected chi connectivity index (χ4v) is 3.13. The molecule has 1 heterocycles. The van der Waals surface area contributed by atoms with E-state index in [0.717, 1.165) is 23.1 Å². The molecular weight excluding hydrogens is 353 g/mol. The normalized spacial score (nSPS) is 12.8. The summed E-state index contributed by atoms with van der Waals surface area (Å²) in [5.41, 5.74) is 1.08. The zero-order chi connectivity index (χ0) is 18.4. The molecule has 0 aliphatic carbocycles. The number of hydrogen-bond acceptors (Lipinski definition) is 4. The summed E-state index contributed by atoms with van der Waals surface area (Å²) in [5.74, 6) is 0.0664. The molecule has 1 N–H and O–H groups in total. The van der Waals surface area contributed by atoms with Gasteiger partial charge in [0, 0.05) is 13.0 Å². The minimum atomic E-state index is -4.42. The van der Waals surface area contributed by atoms with Crippen molar-refractivity contribution >= 4 is 17.7 Å². The van der Waals surface area contributed by atoms with Gasteiger partial charge in [0.15, 0.2) is 5.16 Å². The second kappa shape index (κ2) is 8.37. The third-order valence-electron chi connectivity index (χ3n) is 3.43. The summed E-state index contributed by atoms with van der Waals surface area (Å²) in [6.45, 7) is 2.74. The van der Waals surface area contributed by atoms with Crippen LogP contribution in [0.25, 0.3) is 0 Å². The van der Waals surface area contributed by atoms with Crippen LogP contribution in [0.3, 0.4) is 0 Å². The van der Waals surface area contributed by atoms with E-state index in [9.17, 15) is 18.0 Å². The Morgan fingerprint density at radius 1 is 1.28 bits per heavy atom. The van der Waals surface area contributed by atoms with E-state index in [0.29, 0.717) is 18.1 Å². The van der Waals surface area contributed by atoms with Crippen molar-refractivity contribution < 1.29 is 18.0 Å². The van der Waals surface area contributed by atoms with Gasteiger partial charge in [0.05, 0.1) is 5.25 Å². The first kappa shape index (κ1) is 19.3. The zero-order valence-corrected chi connectivity index (χ0v) is 14.7. The largest absolute Gasteiger partial charge is 0.405 e. The third-order valence-corrected chi connectivity index (χ3v) is 4.51. The Kier molecular flexibility index (Phi) is 6.46. The van der Waals surface area contributed by atoms with E-state index < -0.39 is 23.9 Å². The van der Waals surface area contributed by atoms with Crippen molar-refractivity contribution in [2.75, 3.05) is 6.54 Å². The van der Waals surface area contributed by atoms with Crippen LogP contribution in [0.2, 0.25) is 0 Å². The third kappa shape index (κ3) is 5.77. The van der Waals surface area contributed by atoms with Crippen molar-refractivity contribution in [2.24, 2.45) is 0 Å². The first-order valence-electron chi connectivity index (χ1n) is 7.77. The van der Waals surface area contributed by atoms with Crippen molar-refractivity contribution in [1.29, 1.82) is 0 Å². The Bertz CT molecular complexity index is 703. The van der Waals surface area contributed by atoms with E-state index in [-0.39, 0.29) is 0 Å². The van der Waals surface area contributed by atoms with Crippen LogP contribution in [0, 0.1) is 0 Å². The first-order valence-corrected chi connectivity index (χ1v) is 8.65. The van der Waals surface area contributed by atoms with Crippen molar-refractivity contribution in [3.05, 3.63) is 41.7 Å². The van der Waals surface area contributed by atoms with Gasteiger partial charge in [-0.15, -0.1) is 10.2 Å². The number of rotatable bonds is 7. The lowest BCUT2D eigenvalue weighted by atomic mass is 10.1. The second-order valence-corrected chi connectivity index (χ2v) is 6.71. The van der Waals surface area contributed by atoms with Crippen LogP contribution < -0.4 is 5.32 Å². The lowest BCUT2D eigenvalue weighted by molar-refractivity contribution is -0.137. The molecule has 9 heteroatoms. The molecule has 1 atom stereocenters. The van der Waals surface area contributed by atoms with Gasteiger partial charge in [0.1, 0.15) is 12.4 Å². The molecule has 0 bridgehead atoms. The number of amides is 1. The van der Waals surface area contributed by atoms with E-state index >= 15 is 0 Å². The summed E-state index contributed by atoms with van der Waals surface area (Å²) in [6, 6.07) is 9.76. The highest BCUT2D eigenvalue weighted by atomic mass is 32.2. The van der Waals surface area contributed by atoms with Gasteiger partial charge in [-0.05, 0) is 19.4 Å². The van der Waals surface area contributed by atoms with E-state index in [1.165, 1.54) is 0 Å². The molecule has 1 aromatic carbocycles. The molecule has 0 spiro atoms. The van der Waals surface area contributed by atoms with E-state index in [4.69, 9.17) is 0 Å². The summed E-state index contributed by atoms with van der Waals surface area (Å²) >= 11 is 1.09. The quantitative estimate of drug-likeness (QED) is 0.759. The Morgan fingerprint density at radius 2 is 1.96 bits per heavy atom. The number of thioether (sulfide) groups is 1. The fraction of sp³-hybridized carbons (Fsp3) is 0.438. The number of carbonyl (C=O) groups is 1. The number of aromatic nitrogens is 3. The number of alkyl halides is 3. The molecule has 1 aromatic heterocycles. The number of halogens is 3. The van der Waals surface area contributed by atoms with Crippen LogP contribution in [0.1, 0.15) is 25.2 Å². The smallest absolute Gasteiger partial charge is 0.346 e. The van der Waals surface area contributed by atoms with E-state index in [2.05, 4.69) is 10.2 Å². The van der Waals surface area contributed by atoms with Crippen LogP contribution in [0.15, 0.2) is 35.5 Å². The van der Waals surface area contributed by atoms with Crippen LogP contribution in [-0.2, 0) is 17.8 Å². The molecule has 1 amide bonds. The van der Waals surface area contributed by atoms with Crippen LogP contribution in [0.4, 0.5) is 13.2 Å². The molecule has 0 fully saturated rings. The van der Waals surface area contributed by atoms with E-state index in [1.54, 1.807) is 6.92 Å². The SMILES string of the molecule is CCn1c(Cc2ccccc2)nnc1SC(C)C(=O)NCC(F)(F)F. The predicted octanol–water partition coefficient (Wildman–Crippen LogP) is 3.05. The second-order valence-electron chi connectivity index (χ2n) is 5.40. The molecule has 25 heavy (non-hydrogen) atoms. The average molecular weight is 372 g/mol. The number of nitrogens with one attached hydrogen (secondary N) is 1. The Hall–Kier alpha value is -2.03. The first-order chi connectivity index (χ1) is 11.8. The van der Waals surface area contributed by atoms with Gasteiger partial charge in [0.2, 0.25) is 5.91 Å². The molecule has 5 nitrogen and oxygen atoms in total. The minimum Gasteiger partial charge on any atom is -0.346 e. The van der Waals surface area contributed by atoms with Gasteiger partial charge in [-0.1, -0.05) is 42.1 Å². The summed E-state index contributed by atoms with van der Waals surface area (Å²) in [7, 11) is 0. The number of hydrogen-bond donors (Lipinski definition) is 1. The highest BCUT2D eigenvalue weighted by Gasteiger charge is 2.29. The summed E-state index contributed by atoms with van der Waals surface area (Å²) in [6.07, 6.45) is -3.83. The van der Waals surface area contributed by atoms with Crippen molar-refractivity contribution in [3.8, 4) is 0 Å². The molecule has 2 rings (SSSR count). The Balaban J connectivity index is 2.03. The summed E-state index contributed by atoms with van der Waals surface area (Å²) in [5, 5.41) is 9.94. The lowest BCUT2D eigenvalue weighted by Gasteiger charge is -2.13. The monoisotopic (exact) mass is 372 g/mol. The molecule has 0 saturated carbocycles. The van der Waals surface area contributed by atoms with Crippen molar-refractivity contribution in [3.63, 3.8) is 0 Å². The Labute approximate surface area is 148 Å². The van der Waals surface area contributed by atoms with Crippen LogP contribution in [-0.4, -0.2) is 38.6 Å². The maximum atomic E-state index is 12.2.